The first-order valence-electron chi connectivity index (χ1n) is 33.6. The monoisotopic (exact) mass is 1280 g/mol. The summed E-state index contributed by atoms with van der Waals surface area (Å²) in [5, 5.41) is 12.4. The van der Waals surface area contributed by atoms with Crippen LogP contribution >= 0.6 is 22.7 Å². The molecule has 2 nitrogen and oxygen atoms in total. The van der Waals surface area contributed by atoms with Crippen LogP contribution in [-0.2, 0) is 0 Å². The molecule has 4 heterocycles. The molecule has 16 aromatic carbocycles. The van der Waals surface area contributed by atoms with Gasteiger partial charge in [-0.2, -0.15) is 0 Å². The van der Waals surface area contributed by atoms with Gasteiger partial charge in [-0.3, -0.25) is 0 Å². The first-order chi connectivity index (χ1) is 48.5. The van der Waals surface area contributed by atoms with E-state index in [0.29, 0.717) is 0 Å². The van der Waals surface area contributed by atoms with E-state index in [2.05, 4.69) is 361 Å². The van der Waals surface area contributed by atoms with Crippen LogP contribution in [0.4, 0.5) is 0 Å². The summed E-state index contributed by atoms with van der Waals surface area (Å²) in [5.74, 6) is 0. The van der Waals surface area contributed by atoms with Gasteiger partial charge in [-0.05, 0) is 210 Å². The second kappa shape index (κ2) is 22.8. The third kappa shape index (κ3) is 9.29. The summed E-state index contributed by atoms with van der Waals surface area (Å²) < 4.78 is 10.2. The van der Waals surface area contributed by atoms with Crippen molar-refractivity contribution in [2.45, 2.75) is 0 Å². The van der Waals surface area contributed by atoms with Gasteiger partial charge in [-0.25, -0.2) is 0 Å². The van der Waals surface area contributed by atoms with Crippen molar-refractivity contribution < 1.29 is 0 Å². The minimum absolute atomic E-state index is 1.10. The maximum absolute atomic E-state index is 2.52. The number of hydrogen-bond donors (Lipinski definition) is 0. The Morgan fingerprint density at radius 3 is 0.867 bits per heavy atom. The number of rotatable bonds is 10. The summed E-state index contributed by atoms with van der Waals surface area (Å²) in [6, 6.07) is 131. The number of aromatic nitrogens is 2. The van der Waals surface area contributed by atoms with Crippen molar-refractivity contribution in [3.63, 3.8) is 0 Å². The van der Waals surface area contributed by atoms with Gasteiger partial charge in [0.2, 0.25) is 0 Å². The second-order valence-electron chi connectivity index (χ2n) is 25.9. The fourth-order valence-corrected chi connectivity index (χ4v) is 17.7. The number of hydrogen-bond acceptors (Lipinski definition) is 2. The largest absolute Gasteiger partial charge is 0.309 e. The minimum atomic E-state index is 1.10. The quantitative estimate of drug-likeness (QED) is 0.129. The summed E-state index contributed by atoms with van der Waals surface area (Å²) in [4.78, 5) is 0. The number of fused-ring (bicyclic) bond motifs is 13. The predicted molar refractivity (Wildman–Crippen MR) is 422 cm³/mol. The summed E-state index contributed by atoms with van der Waals surface area (Å²) in [6.07, 6.45) is 0. The maximum atomic E-state index is 2.52. The normalized spacial score (nSPS) is 11.9. The van der Waals surface area contributed by atoms with Gasteiger partial charge in [0, 0.05) is 73.0 Å². The van der Waals surface area contributed by atoms with Crippen LogP contribution in [0, 0.1) is 0 Å². The molecular formula is C94H58N2S2. The highest BCUT2D eigenvalue weighted by atomic mass is 32.1. The molecule has 0 saturated heterocycles. The van der Waals surface area contributed by atoms with E-state index in [9.17, 15) is 0 Å². The summed E-state index contributed by atoms with van der Waals surface area (Å²) >= 11 is 3.74. The van der Waals surface area contributed by atoms with Crippen LogP contribution in [0.25, 0.3) is 195 Å². The summed E-state index contributed by atoms with van der Waals surface area (Å²) in [5.41, 5.74) is 26.0. The van der Waals surface area contributed by atoms with Crippen molar-refractivity contribution in [2.24, 2.45) is 0 Å². The highest BCUT2D eigenvalue weighted by molar-refractivity contribution is 7.26. The van der Waals surface area contributed by atoms with E-state index in [1.54, 1.807) is 0 Å². The smallest absolute Gasteiger partial charge is 0.0541 e. The number of benzene rings is 16. The van der Waals surface area contributed by atoms with Gasteiger partial charge in [-0.15, -0.1) is 22.7 Å². The molecule has 0 aliphatic rings. The molecule has 20 aromatic rings. The number of thiophene rings is 2. The topological polar surface area (TPSA) is 9.86 Å². The van der Waals surface area contributed by atoms with Crippen molar-refractivity contribution >= 4 is 117 Å². The predicted octanol–water partition coefficient (Wildman–Crippen LogP) is 27.1. The molecule has 0 amide bonds. The van der Waals surface area contributed by atoms with E-state index in [0.717, 1.165) is 27.8 Å². The van der Waals surface area contributed by atoms with Crippen LogP contribution in [0.1, 0.15) is 0 Å². The van der Waals surface area contributed by atoms with E-state index in [4.69, 9.17) is 0 Å². The van der Waals surface area contributed by atoms with Crippen molar-refractivity contribution in [1.29, 1.82) is 0 Å². The van der Waals surface area contributed by atoms with Crippen LogP contribution in [0.3, 0.4) is 0 Å². The zero-order valence-electron chi connectivity index (χ0n) is 53.2. The van der Waals surface area contributed by atoms with E-state index in [1.807, 2.05) is 22.7 Å². The Morgan fingerprint density at radius 2 is 0.480 bits per heavy atom. The van der Waals surface area contributed by atoms with E-state index >= 15 is 0 Å². The average molecular weight is 1280 g/mol. The summed E-state index contributed by atoms with van der Waals surface area (Å²) in [7, 11) is 0. The third-order valence-corrected chi connectivity index (χ3v) is 22.6. The molecule has 0 atom stereocenters. The molecule has 0 N–H and O–H groups in total. The molecule has 0 spiro atoms. The molecule has 456 valence electrons. The second-order valence-corrected chi connectivity index (χ2v) is 28.1. The van der Waals surface area contributed by atoms with E-state index in [-0.39, 0.29) is 0 Å². The molecule has 0 saturated carbocycles. The van der Waals surface area contributed by atoms with Gasteiger partial charge < -0.3 is 9.13 Å². The maximum Gasteiger partial charge on any atom is 0.0541 e. The van der Waals surface area contributed by atoms with Crippen LogP contribution in [0.2, 0.25) is 0 Å². The molecule has 0 bridgehead atoms. The highest BCUT2D eigenvalue weighted by Crippen LogP contribution is 2.48. The molecule has 20 rings (SSSR count). The molecule has 4 aromatic heterocycles. The molecule has 98 heavy (non-hydrogen) atoms. The van der Waals surface area contributed by atoms with Gasteiger partial charge in [0.05, 0.1) is 27.8 Å². The Hall–Kier alpha value is -12.2. The Morgan fingerprint density at radius 1 is 0.184 bits per heavy atom. The van der Waals surface area contributed by atoms with Gasteiger partial charge in [0.15, 0.2) is 0 Å². The Labute approximate surface area is 574 Å². The lowest BCUT2D eigenvalue weighted by molar-refractivity contribution is 1.18. The standard InChI is InChI=1S/C94H58N2S2/c1-6-19-59(20-7-1)65-37-45-90-81(53-65)83-55-71(39-47-92(83)97-90)69-34-42-87-78(50-69)77-49-67(33-41-86(77)95(87)73-57-75(62-23-10-3-11-24-62)94(64-28-14-5-15-29-64)76(58-73)63-25-12-4-13-26-63)68-35-43-88-79(51-68)80-52-70(36-44-89(80)96(88)85-32-18-30-61-27-16-17-31-74(61)85)72-40-48-93-84(56-72)82-54-66(38-46-91(82)98-93)60-21-8-2-9-22-60/h1-58H. The van der Waals surface area contributed by atoms with Crippen LogP contribution in [-0.4, -0.2) is 9.13 Å². The molecule has 0 aliphatic heterocycles. The van der Waals surface area contributed by atoms with Crippen molar-refractivity contribution in [1.82, 2.24) is 9.13 Å². The molecule has 4 heteroatoms. The molecular weight excluding hydrogens is 1220 g/mol. The van der Waals surface area contributed by atoms with Crippen molar-refractivity contribution in [3.8, 4) is 100 Å². The lowest BCUT2D eigenvalue weighted by atomic mass is 9.87. The zero-order valence-corrected chi connectivity index (χ0v) is 54.8. The Kier molecular flexibility index (Phi) is 13.0. The van der Waals surface area contributed by atoms with E-state index < -0.39 is 0 Å². The Bertz CT molecular complexity index is 6510. The zero-order chi connectivity index (χ0) is 64.4. The Balaban J connectivity index is 0.799. The SMILES string of the molecule is c1ccc(-c2ccc3sc4ccc(-c5ccc6c(c5)c5cc(-c7ccc8c(c7)c7cc(-c9ccc%10sc%11ccc(-c%12ccccc%12)cc%11c%10c9)ccc7n8-c7cccc8ccccc78)ccc5n6-c5cc(-c6ccccc6)c(-c6ccccc6)c(-c6ccccc6)c5)cc4c3c2)cc1. The fraction of sp³-hybridized carbons (Fsp3) is 0. The third-order valence-electron chi connectivity index (χ3n) is 20.3. The van der Waals surface area contributed by atoms with Gasteiger partial charge in [0.1, 0.15) is 0 Å². The van der Waals surface area contributed by atoms with Gasteiger partial charge >= 0.3 is 0 Å². The van der Waals surface area contributed by atoms with Gasteiger partial charge in [-0.1, -0.05) is 237 Å². The summed E-state index contributed by atoms with van der Waals surface area (Å²) in [6.45, 7) is 0. The van der Waals surface area contributed by atoms with Crippen molar-refractivity contribution in [3.05, 3.63) is 352 Å². The van der Waals surface area contributed by atoms with Crippen molar-refractivity contribution in [2.75, 3.05) is 0 Å². The first kappa shape index (κ1) is 56.2. The molecule has 0 aliphatic carbocycles. The highest BCUT2D eigenvalue weighted by Gasteiger charge is 2.23. The molecule has 0 fully saturated rings. The fourth-order valence-electron chi connectivity index (χ4n) is 15.6. The molecule has 0 unspecified atom stereocenters. The number of nitrogens with zero attached hydrogens (tertiary/aromatic N) is 2. The van der Waals surface area contributed by atoms with Crippen LogP contribution in [0.5, 0.6) is 0 Å². The first-order valence-corrected chi connectivity index (χ1v) is 35.2. The van der Waals surface area contributed by atoms with Crippen LogP contribution in [0.15, 0.2) is 352 Å². The van der Waals surface area contributed by atoms with Gasteiger partial charge in [0.25, 0.3) is 0 Å². The van der Waals surface area contributed by atoms with E-state index in [1.165, 1.54) is 167 Å². The molecule has 0 radical (unpaired) electrons. The van der Waals surface area contributed by atoms with Crippen LogP contribution < -0.4 is 0 Å². The average Bonchev–Trinajstić information content (AvgIpc) is 1.55. The minimum Gasteiger partial charge on any atom is -0.309 e. The lowest BCUT2D eigenvalue weighted by Gasteiger charge is -2.20. The lowest BCUT2D eigenvalue weighted by Crippen LogP contribution is -1.99.